The number of hydrogen-bond donors (Lipinski definition) is 1. The predicted octanol–water partition coefficient (Wildman–Crippen LogP) is 3.01. The molecule has 0 radical (unpaired) electrons. The summed E-state index contributed by atoms with van der Waals surface area (Å²) < 4.78 is 14.8. The Morgan fingerprint density at radius 3 is 2.70 bits per heavy atom. The molecule has 0 saturated heterocycles. The fourth-order valence-electron chi connectivity index (χ4n) is 2.10. The first-order valence-electron chi connectivity index (χ1n) is 6.75. The van der Waals surface area contributed by atoms with Crippen molar-refractivity contribution >= 4 is 11.8 Å². The Bertz CT molecular complexity index is 551. The summed E-state index contributed by atoms with van der Waals surface area (Å²) in [7, 11) is 0. The van der Waals surface area contributed by atoms with Crippen LogP contribution in [0.5, 0.6) is 0 Å². The van der Waals surface area contributed by atoms with Crippen molar-refractivity contribution in [1.82, 2.24) is 9.78 Å². The van der Waals surface area contributed by atoms with E-state index in [1.807, 2.05) is 11.6 Å². The standard InChI is InChI=1S/C15H20FN3S/c1-3-19-14(8-11(2)18-19)9-13(17)10-20-15-6-4-12(16)5-7-15/h4-8,13H,3,9-10,17H2,1-2H3. The molecule has 0 bridgehead atoms. The quantitative estimate of drug-likeness (QED) is 0.833. The van der Waals surface area contributed by atoms with Gasteiger partial charge in [-0.15, -0.1) is 11.8 Å². The van der Waals surface area contributed by atoms with Gasteiger partial charge in [0.1, 0.15) is 5.82 Å². The molecule has 0 spiro atoms. The summed E-state index contributed by atoms with van der Waals surface area (Å²) in [5.41, 5.74) is 8.39. The van der Waals surface area contributed by atoms with Gasteiger partial charge in [-0.1, -0.05) is 0 Å². The second-order valence-corrected chi connectivity index (χ2v) is 5.92. The topological polar surface area (TPSA) is 43.8 Å². The Morgan fingerprint density at radius 1 is 1.35 bits per heavy atom. The number of aryl methyl sites for hydroxylation is 2. The van der Waals surface area contributed by atoms with Crippen LogP contribution in [-0.4, -0.2) is 21.6 Å². The van der Waals surface area contributed by atoms with Crippen LogP contribution in [0.25, 0.3) is 0 Å². The van der Waals surface area contributed by atoms with Gasteiger partial charge in [-0.3, -0.25) is 4.68 Å². The van der Waals surface area contributed by atoms with Crippen molar-refractivity contribution in [2.75, 3.05) is 5.75 Å². The average Bonchev–Trinajstić information content (AvgIpc) is 2.78. The highest BCUT2D eigenvalue weighted by atomic mass is 32.2. The highest BCUT2D eigenvalue weighted by Crippen LogP contribution is 2.19. The molecule has 1 atom stereocenters. The molecule has 108 valence electrons. The molecule has 0 amide bonds. The van der Waals surface area contributed by atoms with E-state index in [1.54, 1.807) is 23.9 Å². The summed E-state index contributed by atoms with van der Waals surface area (Å²) in [4.78, 5) is 1.04. The molecular formula is C15H20FN3S. The van der Waals surface area contributed by atoms with E-state index in [0.29, 0.717) is 0 Å². The minimum absolute atomic E-state index is 0.0615. The molecule has 5 heteroatoms. The molecule has 20 heavy (non-hydrogen) atoms. The molecule has 0 saturated carbocycles. The number of halogens is 1. The van der Waals surface area contributed by atoms with Gasteiger partial charge in [0.25, 0.3) is 0 Å². The van der Waals surface area contributed by atoms with Gasteiger partial charge in [-0.25, -0.2) is 4.39 Å². The minimum Gasteiger partial charge on any atom is -0.327 e. The van der Waals surface area contributed by atoms with E-state index in [9.17, 15) is 4.39 Å². The lowest BCUT2D eigenvalue weighted by Crippen LogP contribution is -2.26. The molecule has 1 heterocycles. The number of aromatic nitrogens is 2. The van der Waals surface area contributed by atoms with Crippen LogP contribution in [0, 0.1) is 12.7 Å². The SMILES string of the molecule is CCn1nc(C)cc1CC(N)CSc1ccc(F)cc1. The number of benzene rings is 1. The van der Waals surface area contributed by atoms with Gasteiger partial charge in [-0.2, -0.15) is 5.10 Å². The first kappa shape index (κ1) is 15.1. The lowest BCUT2D eigenvalue weighted by atomic mass is 10.2. The molecule has 3 nitrogen and oxygen atoms in total. The molecule has 1 aromatic carbocycles. The summed E-state index contributed by atoms with van der Waals surface area (Å²) in [5.74, 6) is 0.598. The highest BCUT2D eigenvalue weighted by Gasteiger charge is 2.10. The first-order chi connectivity index (χ1) is 9.58. The van der Waals surface area contributed by atoms with Crippen LogP contribution in [0.4, 0.5) is 4.39 Å². The first-order valence-corrected chi connectivity index (χ1v) is 7.74. The molecule has 2 N–H and O–H groups in total. The van der Waals surface area contributed by atoms with Crippen LogP contribution < -0.4 is 5.73 Å². The summed E-state index contributed by atoms with van der Waals surface area (Å²) >= 11 is 1.66. The smallest absolute Gasteiger partial charge is 0.123 e. The van der Waals surface area contributed by atoms with Crippen LogP contribution in [0.15, 0.2) is 35.2 Å². The van der Waals surface area contributed by atoms with Crippen molar-refractivity contribution in [1.29, 1.82) is 0 Å². The van der Waals surface area contributed by atoms with Crippen LogP contribution in [0.2, 0.25) is 0 Å². The Balaban J connectivity index is 1.88. The van der Waals surface area contributed by atoms with E-state index in [-0.39, 0.29) is 11.9 Å². The fraction of sp³-hybridized carbons (Fsp3) is 0.400. The van der Waals surface area contributed by atoms with E-state index in [2.05, 4.69) is 18.1 Å². The Morgan fingerprint density at radius 2 is 2.05 bits per heavy atom. The maximum absolute atomic E-state index is 12.8. The summed E-state index contributed by atoms with van der Waals surface area (Å²) in [5, 5.41) is 4.42. The van der Waals surface area contributed by atoms with Gasteiger partial charge >= 0.3 is 0 Å². The van der Waals surface area contributed by atoms with Crippen molar-refractivity contribution in [3.8, 4) is 0 Å². The van der Waals surface area contributed by atoms with Gasteiger partial charge in [-0.05, 0) is 44.2 Å². The van der Waals surface area contributed by atoms with Crippen molar-refractivity contribution < 1.29 is 4.39 Å². The summed E-state index contributed by atoms with van der Waals surface area (Å²) in [6, 6.07) is 8.67. The van der Waals surface area contributed by atoms with E-state index in [0.717, 1.165) is 29.3 Å². The zero-order chi connectivity index (χ0) is 14.5. The Hall–Kier alpha value is -1.33. The zero-order valence-corrected chi connectivity index (χ0v) is 12.7. The van der Waals surface area contributed by atoms with E-state index in [4.69, 9.17) is 5.73 Å². The average molecular weight is 293 g/mol. The lowest BCUT2D eigenvalue weighted by molar-refractivity contribution is 0.594. The minimum atomic E-state index is -0.207. The molecule has 1 aromatic heterocycles. The monoisotopic (exact) mass is 293 g/mol. The van der Waals surface area contributed by atoms with Crippen molar-refractivity contribution in [3.05, 3.63) is 47.5 Å². The van der Waals surface area contributed by atoms with Crippen molar-refractivity contribution in [3.63, 3.8) is 0 Å². The third-order valence-corrected chi connectivity index (χ3v) is 4.23. The van der Waals surface area contributed by atoms with Crippen molar-refractivity contribution in [2.24, 2.45) is 5.73 Å². The maximum Gasteiger partial charge on any atom is 0.123 e. The third-order valence-electron chi connectivity index (χ3n) is 3.03. The zero-order valence-electron chi connectivity index (χ0n) is 11.8. The normalized spacial score (nSPS) is 12.6. The van der Waals surface area contributed by atoms with Crippen molar-refractivity contribution in [2.45, 2.75) is 37.8 Å². The van der Waals surface area contributed by atoms with Crippen LogP contribution in [-0.2, 0) is 13.0 Å². The largest absolute Gasteiger partial charge is 0.327 e. The number of hydrogen-bond acceptors (Lipinski definition) is 3. The second kappa shape index (κ2) is 6.90. The molecule has 2 aromatic rings. The number of nitrogens with two attached hydrogens (primary N) is 1. The van der Waals surface area contributed by atoms with Crippen LogP contribution >= 0.6 is 11.8 Å². The fourth-order valence-corrected chi connectivity index (χ4v) is 2.95. The van der Waals surface area contributed by atoms with E-state index < -0.39 is 0 Å². The predicted molar refractivity (Wildman–Crippen MR) is 81.4 cm³/mol. The Labute approximate surface area is 123 Å². The third kappa shape index (κ3) is 4.08. The van der Waals surface area contributed by atoms with Gasteiger partial charge in [0, 0.05) is 35.3 Å². The molecule has 0 fully saturated rings. The number of nitrogens with zero attached hydrogens (tertiary/aromatic N) is 2. The number of thioether (sulfide) groups is 1. The van der Waals surface area contributed by atoms with Gasteiger partial charge < -0.3 is 5.73 Å². The maximum atomic E-state index is 12.8. The molecule has 0 aliphatic heterocycles. The van der Waals surface area contributed by atoms with E-state index in [1.165, 1.54) is 17.8 Å². The highest BCUT2D eigenvalue weighted by molar-refractivity contribution is 7.99. The van der Waals surface area contributed by atoms with Gasteiger partial charge in [0.15, 0.2) is 0 Å². The molecular weight excluding hydrogens is 273 g/mol. The molecule has 0 aliphatic rings. The summed E-state index contributed by atoms with van der Waals surface area (Å²) in [6.45, 7) is 4.93. The van der Waals surface area contributed by atoms with Gasteiger partial charge in [0.2, 0.25) is 0 Å². The van der Waals surface area contributed by atoms with Crippen LogP contribution in [0.1, 0.15) is 18.3 Å². The molecule has 1 unspecified atom stereocenters. The lowest BCUT2D eigenvalue weighted by Gasteiger charge is -2.12. The summed E-state index contributed by atoms with van der Waals surface area (Å²) in [6.07, 6.45) is 0.808. The number of rotatable bonds is 6. The molecule has 0 aliphatic carbocycles. The molecule has 2 rings (SSSR count). The Kier molecular flexibility index (Phi) is 5.20. The van der Waals surface area contributed by atoms with E-state index >= 15 is 0 Å². The second-order valence-electron chi connectivity index (χ2n) is 4.82. The van der Waals surface area contributed by atoms with Gasteiger partial charge in [0.05, 0.1) is 5.69 Å². The van der Waals surface area contributed by atoms with Crippen LogP contribution in [0.3, 0.4) is 0 Å².